The van der Waals surface area contributed by atoms with Crippen LogP contribution in [0.1, 0.15) is 16.8 Å². The minimum absolute atomic E-state index is 0.0732. The van der Waals surface area contributed by atoms with E-state index >= 15 is 0 Å². The molecule has 0 saturated heterocycles. The Labute approximate surface area is 238 Å². The highest BCUT2D eigenvalue weighted by atomic mass is 79.9. The molecule has 4 rings (SSSR count). The molecule has 0 spiro atoms. The average molecular weight is 642 g/mol. The van der Waals surface area contributed by atoms with Crippen LogP contribution in [-0.4, -0.2) is 100 Å². The molecule has 40 heavy (non-hydrogen) atoms. The maximum Gasteiger partial charge on any atom is 0.284 e. The SMILES string of the molecule is Cc1cc(OCc2c(Br)nc(SC3(O)C(O)(O)C(O)(O)C(O)(O)C3(O)O)n2-c2cccnc2)ccc1C#CCO. The van der Waals surface area contributed by atoms with Gasteiger partial charge in [-0.1, -0.05) is 11.8 Å². The minimum atomic E-state index is -4.45. The highest BCUT2D eigenvalue weighted by molar-refractivity contribution is 9.10. The summed E-state index contributed by atoms with van der Waals surface area (Å²) in [5.41, 5.74) is 1.93. The van der Waals surface area contributed by atoms with E-state index in [2.05, 4.69) is 37.7 Å². The molecule has 2 heterocycles. The molecule has 1 fully saturated rings. The van der Waals surface area contributed by atoms with Gasteiger partial charge in [-0.25, -0.2) is 4.98 Å². The van der Waals surface area contributed by atoms with E-state index in [9.17, 15) is 46.0 Å². The van der Waals surface area contributed by atoms with Crippen molar-refractivity contribution in [3.8, 4) is 23.3 Å². The smallest absolute Gasteiger partial charge is 0.284 e. The number of ether oxygens (including phenoxy) is 1. The second-order valence-corrected chi connectivity index (χ2v) is 10.7. The van der Waals surface area contributed by atoms with Gasteiger partial charge in [-0.05, 0) is 70.5 Å². The van der Waals surface area contributed by atoms with Crippen molar-refractivity contribution in [3.05, 3.63) is 64.1 Å². The van der Waals surface area contributed by atoms with Gasteiger partial charge in [0.05, 0.1) is 17.6 Å². The Kier molecular flexibility index (Phi) is 7.83. The van der Waals surface area contributed by atoms with E-state index in [0.717, 1.165) is 5.56 Å². The van der Waals surface area contributed by atoms with Gasteiger partial charge in [0, 0.05) is 11.8 Å². The maximum atomic E-state index is 11.0. The lowest BCUT2D eigenvalue weighted by Gasteiger charge is -2.38. The lowest BCUT2D eigenvalue weighted by molar-refractivity contribution is -0.452. The van der Waals surface area contributed by atoms with Gasteiger partial charge in [0.15, 0.2) is 5.16 Å². The van der Waals surface area contributed by atoms with E-state index in [-0.39, 0.29) is 41.0 Å². The molecule has 0 bridgehead atoms. The number of nitrogens with zero attached hydrogens (tertiary/aromatic N) is 3. The molecule has 2 aromatic heterocycles. The van der Waals surface area contributed by atoms with Crippen molar-refractivity contribution in [2.24, 2.45) is 0 Å². The van der Waals surface area contributed by atoms with Crippen LogP contribution in [0.15, 0.2) is 52.5 Å². The van der Waals surface area contributed by atoms with Crippen molar-refractivity contribution in [1.29, 1.82) is 0 Å². The van der Waals surface area contributed by atoms with Crippen LogP contribution in [0, 0.1) is 18.8 Å². The number of halogens is 1. The van der Waals surface area contributed by atoms with Crippen LogP contribution in [0.3, 0.4) is 0 Å². The van der Waals surface area contributed by atoms with Crippen molar-refractivity contribution in [2.45, 2.75) is 46.8 Å². The molecule has 1 aliphatic carbocycles. The third-order valence-electron chi connectivity index (χ3n) is 6.32. The number of aliphatic hydroxyl groups excluding tert-OH is 1. The van der Waals surface area contributed by atoms with Crippen LogP contribution < -0.4 is 4.74 Å². The Morgan fingerprint density at radius 2 is 1.62 bits per heavy atom. The second kappa shape index (κ2) is 10.3. The van der Waals surface area contributed by atoms with E-state index in [1.807, 2.05) is 0 Å². The van der Waals surface area contributed by atoms with Gasteiger partial charge >= 0.3 is 0 Å². The Hall–Kier alpha value is -2.63. The molecule has 10 N–H and O–H groups in total. The number of rotatable bonds is 6. The summed E-state index contributed by atoms with van der Waals surface area (Å²) in [6.07, 6.45) is 2.80. The lowest BCUT2D eigenvalue weighted by Crippen LogP contribution is -2.66. The van der Waals surface area contributed by atoms with Crippen LogP contribution in [-0.2, 0) is 6.61 Å². The second-order valence-electron chi connectivity index (χ2n) is 8.84. The molecule has 14 nitrogen and oxygen atoms in total. The molecular formula is C24H24BrN3O11S. The molecule has 3 aromatic rings. The Morgan fingerprint density at radius 3 is 2.17 bits per heavy atom. The number of hydrogen-bond donors (Lipinski definition) is 10. The number of hydrogen-bond acceptors (Lipinski definition) is 14. The lowest BCUT2D eigenvalue weighted by atomic mass is 10.1. The van der Waals surface area contributed by atoms with Crippen molar-refractivity contribution >= 4 is 27.7 Å². The molecule has 0 aliphatic heterocycles. The normalized spacial score (nSPS) is 19.6. The summed E-state index contributed by atoms with van der Waals surface area (Å²) >= 11 is 3.03. The summed E-state index contributed by atoms with van der Waals surface area (Å²) in [6, 6.07) is 8.08. The number of benzene rings is 1. The van der Waals surface area contributed by atoms with Gasteiger partial charge in [-0.2, -0.15) is 0 Å². The van der Waals surface area contributed by atoms with Crippen LogP contribution >= 0.6 is 27.7 Å². The number of imidazole rings is 1. The first-order valence-electron chi connectivity index (χ1n) is 11.2. The van der Waals surface area contributed by atoms with Gasteiger partial charge in [0.2, 0.25) is 4.93 Å². The highest BCUT2D eigenvalue weighted by Crippen LogP contribution is 2.60. The number of aliphatic hydroxyl groups is 10. The van der Waals surface area contributed by atoms with Crippen LogP contribution in [0.2, 0.25) is 0 Å². The van der Waals surface area contributed by atoms with Gasteiger partial charge < -0.3 is 55.8 Å². The molecular weight excluding hydrogens is 618 g/mol. The molecule has 1 aliphatic rings. The summed E-state index contributed by atoms with van der Waals surface area (Å²) in [5.74, 6) is -11.8. The zero-order valence-electron chi connectivity index (χ0n) is 20.5. The van der Waals surface area contributed by atoms with Gasteiger partial charge in [0.1, 0.15) is 23.6 Å². The quantitative estimate of drug-likeness (QED) is 0.101. The third kappa shape index (κ3) is 4.41. The molecule has 214 valence electrons. The predicted molar refractivity (Wildman–Crippen MR) is 138 cm³/mol. The van der Waals surface area contributed by atoms with Gasteiger partial charge in [-0.15, -0.1) is 0 Å². The Bertz CT molecular complexity index is 1460. The zero-order chi connectivity index (χ0) is 29.7. The highest BCUT2D eigenvalue weighted by Gasteiger charge is 2.91. The Balaban J connectivity index is 1.77. The fourth-order valence-corrected chi connectivity index (χ4v) is 5.83. The largest absolute Gasteiger partial charge is 0.487 e. The summed E-state index contributed by atoms with van der Waals surface area (Å²) < 4.78 is 7.22. The molecule has 0 atom stereocenters. The summed E-state index contributed by atoms with van der Waals surface area (Å²) in [6.45, 7) is 1.29. The van der Waals surface area contributed by atoms with E-state index in [1.165, 1.54) is 29.1 Å². The van der Waals surface area contributed by atoms with Crippen molar-refractivity contribution in [1.82, 2.24) is 14.5 Å². The van der Waals surface area contributed by atoms with Gasteiger partial charge in [0.25, 0.3) is 23.1 Å². The molecule has 16 heteroatoms. The molecule has 1 saturated carbocycles. The Morgan fingerprint density at radius 1 is 0.975 bits per heavy atom. The predicted octanol–water partition coefficient (Wildman–Crippen LogP) is -2.22. The number of aryl methyl sites for hydroxylation is 1. The molecule has 0 amide bonds. The summed E-state index contributed by atoms with van der Waals surface area (Å²) in [4.78, 5) is 4.25. The summed E-state index contributed by atoms with van der Waals surface area (Å²) in [5, 5.41) is 101. The standard InChI is InChI=1S/C24H24BrN3O11S/c1-13-10-16(7-6-14(13)4-3-9-29)39-12-17-18(25)27-19(28(17)15-5-2-8-26-11-15)40-24(38)22(34,35)20(30,31)21(32,33)23(24,36)37/h2,5-8,10-11,29-38H,9,12H2,1H3. The third-order valence-corrected chi connectivity index (χ3v) is 8.27. The van der Waals surface area contributed by atoms with Crippen molar-refractivity contribution < 1.29 is 55.8 Å². The topological polar surface area (TPSA) is 242 Å². The number of thioether (sulfide) groups is 1. The fraction of sp³-hybridized carbons (Fsp3) is 0.333. The minimum Gasteiger partial charge on any atom is -0.487 e. The first-order chi connectivity index (χ1) is 18.5. The molecule has 1 aromatic carbocycles. The van der Waals surface area contributed by atoms with Crippen LogP contribution in [0.5, 0.6) is 5.75 Å². The van der Waals surface area contributed by atoms with E-state index in [4.69, 9.17) is 9.84 Å². The summed E-state index contributed by atoms with van der Waals surface area (Å²) in [7, 11) is 0. The monoisotopic (exact) mass is 641 g/mol. The zero-order valence-corrected chi connectivity index (χ0v) is 22.9. The van der Waals surface area contributed by atoms with Crippen LogP contribution in [0.4, 0.5) is 0 Å². The fourth-order valence-electron chi connectivity index (χ4n) is 3.98. The van der Waals surface area contributed by atoms with Crippen molar-refractivity contribution in [2.75, 3.05) is 6.61 Å². The number of pyridine rings is 1. The van der Waals surface area contributed by atoms with Crippen molar-refractivity contribution in [3.63, 3.8) is 0 Å². The first-order valence-corrected chi connectivity index (χ1v) is 12.9. The first kappa shape index (κ1) is 30.3. The molecule has 0 unspecified atom stereocenters. The van der Waals surface area contributed by atoms with E-state index in [1.54, 1.807) is 25.1 Å². The van der Waals surface area contributed by atoms with Gasteiger partial charge in [-0.3, -0.25) is 9.55 Å². The van der Waals surface area contributed by atoms with E-state index < -0.39 is 33.2 Å². The number of aromatic nitrogens is 3. The van der Waals surface area contributed by atoms with E-state index in [0.29, 0.717) is 11.3 Å². The van der Waals surface area contributed by atoms with Crippen LogP contribution in [0.25, 0.3) is 5.69 Å². The maximum absolute atomic E-state index is 11.0. The average Bonchev–Trinajstić information content (AvgIpc) is 3.22. The molecule has 0 radical (unpaired) electrons.